The van der Waals surface area contributed by atoms with Crippen molar-refractivity contribution in [1.29, 1.82) is 0 Å². The molecule has 37 aliphatic rings. The van der Waals surface area contributed by atoms with E-state index in [4.69, 9.17) is 0 Å². The van der Waals surface area contributed by atoms with Crippen LogP contribution in [0.2, 0.25) is 0 Å². The van der Waals surface area contributed by atoms with Gasteiger partial charge in [0.05, 0.1) is 0 Å². The second kappa shape index (κ2) is 34.1. The van der Waals surface area contributed by atoms with E-state index in [9.17, 15) is 0 Å². The lowest BCUT2D eigenvalue weighted by molar-refractivity contribution is -0.264. The van der Waals surface area contributed by atoms with Gasteiger partial charge in [0.2, 0.25) is 0 Å². The summed E-state index contributed by atoms with van der Waals surface area (Å²) in [5, 5.41) is 0. The number of hydrogen-bond acceptors (Lipinski definition) is 0. The van der Waals surface area contributed by atoms with Crippen LogP contribution < -0.4 is 0 Å². The highest BCUT2D eigenvalue weighted by Crippen LogP contribution is 2.85. The van der Waals surface area contributed by atoms with Crippen LogP contribution in [0.1, 0.15) is 548 Å². The Morgan fingerprint density at radius 2 is 0.374 bits per heavy atom. The first-order valence-corrected chi connectivity index (χ1v) is 64.7. The van der Waals surface area contributed by atoms with E-state index in [2.05, 4.69) is 267 Å². The minimum Gasteiger partial charge on any atom is -0.0649 e. The summed E-state index contributed by atoms with van der Waals surface area (Å²) in [5.74, 6) is 14.1. The molecule has 37 aliphatic carbocycles. The van der Waals surface area contributed by atoms with Crippen molar-refractivity contribution in [1.82, 2.24) is 0 Å². The van der Waals surface area contributed by atoms with Gasteiger partial charge in [-0.3, -0.25) is 0 Å². The third-order valence-electron chi connectivity index (χ3n) is 54.8. The highest BCUT2D eigenvalue weighted by Gasteiger charge is 2.75. The van der Waals surface area contributed by atoms with Gasteiger partial charge in [-0.05, 0) is 608 Å². The van der Waals surface area contributed by atoms with Gasteiger partial charge in [-0.1, -0.05) is 295 Å². The first-order chi connectivity index (χ1) is 69.3. The summed E-state index contributed by atoms with van der Waals surface area (Å²) in [6.07, 6.45) is 91.2. The van der Waals surface area contributed by atoms with Gasteiger partial charge >= 0.3 is 0 Å². The first-order valence-electron chi connectivity index (χ1n) is 64.7. The molecule has 0 nitrogen and oxygen atoms in total. The van der Waals surface area contributed by atoms with Crippen molar-refractivity contribution in [3.63, 3.8) is 0 Å². The molecule has 0 spiro atoms. The Morgan fingerprint density at radius 1 is 0.177 bits per heavy atom. The maximum absolute atomic E-state index is 2.69. The molecule has 8 unspecified atom stereocenters. The van der Waals surface area contributed by atoms with Gasteiger partial charge in [-0.25, -0.2) is 0 Å². The largest absolute Gasteiger partial charge is 0.0649 e. The van der Waals surface area contributed by atoms with Crippen LogP contribution in [0.4, 0.5) is 0 Å². The van der Waals surface area contributed by atoms with Crippen molar-refractivity contribution in [2.75, 3.05) is 0 Å². The molecule has 0 radical (unpaired) electrons. The van der Waals surface area contributed by atoms with Crippen LogP contribution in [0, 0.1) is 206 Å². The molecule has 802 valence electrons. The van der Waals surface area contributed by atoms with E-state index in [0.717, 1.165) is 164 Å². The number of rotatable bonds is 10. The maximum atomic E-state index is 2.69. The van der Waals surface area contributed by atoms with E-state index >= 15 is 0 Å². The van der Waals surface area contributed by atoms with Gasteiger partial charge in [-0.15, -0.1) is 0 Å². The standard InChI is InChI=1S/C31H34.C24H38.C22H34.C16H28.C15H14.C14H24.C13H22.C12H20/c1-22-4-10-26(11-5-22)29-16-25-17-30(19-29,27-12-6-23(2)7-13-27)21-31(18-25,20-29)28-14-8-24(3)9-15-28;1-19-5-17-6-20(2,11-19)14-23(9-17,13-19)24-10-18-7-21(3,15-24)12-22(4,8-18)16-24;1-19-5-15-3-16(6-19)10-21(9-15,13-19)22-11-17-4-18(12-22)8-20(2,7-17)14-22;1-4-14-7-13-8-15(5-2,10-14)12-16(6-3,9-13)11-14;1-15(2)13-9-5-3-7-11(13)12-8-4-6-10-14(12)15;1-3-13-6-11-5-12(7-13)9-14(4-2,8-11)10-13;1-11-4-10-5-12(2,7-11)9-13(3,6-10)8-11;1-11-4-9-3-10(5-11)7-12(2,6-9)8-11/h4-15,25H,16-21H2,1-3H3;17-18H,5-16H2,1-4H3;15-18H,3-14H2,1-2H3;13H,4-12H2,1-3H3;3-10H,1-2H3;11-12H,3-10H2,1-2H3;10H,4-9H2,1-3H3;9-10H,3-8H2,1-2H3. The predicted molar refractivity (Wildman–Crippen MR) is 620 cm³/mol. The Kier molecular flexibility index (Phi) is 23.7. The van der Waals surface area contributed by atoms with Gasteiger partial charge in [0, 0.05) is 5.41 Å². The fourth-order valence-corrected chi connectivity index (χ4v) is 56.5. The third kappa shape index (κ3) is 17.4. The van der Waals surface area contributed by atoms with E-state index in [1.54, 1.807) is 280 Å². The summed E-state index contributed by atoms with van der Waals surface area (Å²) in [5.41, 5.74) is 30.6. The Hall–Kier alpha value is -3.90. The average Bonchev–Trinajstić information content (AvgIpc) is 0.945. The van der Waals surface area contributed by atoms with Gasteiger partial charge in [0.1, 0.15) is 0 Å². The summed E-state index contributed by atoms with van der Waals surface area (Å²) < 4.78 is 0. The van der Waals surface area contributed by atoms with E-state index in [0.29, 0.717) is 37.9 Å². The maximum Gasteiger partial charge on any atom is 0.0158 e. The molecule has 36 fully saturated rings. The van der Waals surface area contributed by atoms with Crippen molar-refractivity contribution in [3.8, 4) is 11.1 Å². The summed E-state index contributed by atoms with van der Waals surface area (Å²) in [4.78, 5) is 0. The molecule has 8 atom stereocenters. The molecule has 5 aromatic rings. The van der Waals surface area contributed by atoms with E-state index < -0.39 is 0 Å². The molecule has 0 aromatic heterocycles. The minimum atomic E-state index is 0.160. The molecule has 36 bridgehead atoms. The molecule has 0 amide bonds. The summed E-state index contributed by atoms with van der Waals surface area (Å²) in [7, 11) is 0. The Balaban J connectivity index is 0.0000000869. The smallest absolute Gasteiger partial charge is 0.0158 e. The molecule has 0 saturated heterocycles. The fourth-order valence-electron chi connectivity index (χ4n) is 56.5. The minimum absolute atomic E-state index is 0.160. The predicted octanol–water partition coefficient (Wildman–Crippen LogP) is 42.1. The van der Waals surface area contributed by atoms with Crippen molar-refractivity contribution in [3.05, 3.63) is 166 Å². The zero-order chi connectivity index (χ0) is 102. The molecular weight excluding hydrogens is 1770 g/mol. The van der Waals surface area contributed by atoms with Crippen LogP contribution in [0.5, 0.6) is 0 Å². The van der Waals surface area contributed by atoms with Crippen LogP contribution in [0.3, 0.4) is 0 Å². The normalized spacial score (nSPS) is 52.2. The Morgan fingerprint density at radius 3 is 0.633 bits per heavy atom. The first kappa shape index (κ1) is 102. The summed E-state index contributed by atoms with van der Waals surface area (Å²) in [6.45, 7) is 52.4. The lowest BCUT2D eigenvalue weighted by Gasteiger charge is -2.76. The van der Waals surface area contributed by atoms with Gasteiger partial charge < -0.3 is 0 Å². The molecule has 0 heteroatoms. The van der Waals surface area contributed by atoms with E-state index in [1.165, 1.54) is 155 Å². The number of hydrogen-bond donors (Lipinski definition) is 0. The van der Waals surface area contributed by atoms with Crippen molar-refractivity contribution in [2.24, 2.45) is 185 Å². The van der Waals surface area contributed by atoms with Crippen LogP contribution in [0.15, 0.2) is 121 Å². The molecule has 36 saturated carbocycles. The van der Waals surface area contributed by atoms with Crippen LogP contribution in [-0.4, -0.2) is 0 Å². The van der Waals surface area contributed by atoms with Crippen LogP contribution in [-0.2, 0) is 21.7 Å². The molecule has 5 aromatic carbocycles. The van der Waals surface area contributed by atoms with Crippen molar-refractivity contribution >= 4 is 0 Å². The Bertz CT molecular complexity index is 5210. The van der Waals surface area contributed by atoms with E-state index in [-0.39, 0.29) is 5.41 Å². The van der Waals surface area contributed by atoms with Crippen molar-refractivity contribution in [2.45, 2.75) is 546 Å². The molecule has 0 heterocycles. The zero-order valence-corrected chi connectivity index (χ0v) is 98.8. The SMILES string of the molecule is CC1(C)c2ccccc2-c2ccccc21.CC12CC3CC(C)(C1)CC(C)(C3)C2.CC12CC3CC(C)(C1)CC(C14CC5CC(C)(CC(C)(C5)C1)C4)(C3)C2.CC12CC3CC(C1)CC(C)(C3)C2.CC12CC3CC(C1)CC(C14CC5CC(CC(C)(C5)C1)C4)(C3)C2.CCC12CC3CC(C1)CC(CC)(C3)C2.CCC12CC3CC(CC)(C1)CC(CC)(C3)C2.Cc1ccc(C23CC4CC(c5ccc(C)cc5)(C2)CC(c2ccc(C)cc2)(C4)C3)cc1. The molecular formula is C147H214. The summed E-state index contributed by atoms with van der Waals surface area (Å²) in [6, 6.07) is 46.2. The lowest BCUT2D eigenvalue weighted by Crippen LogP contribution is -2.66. The molecule has 0 aliphatic heterocycles. The number of fused-ring (bicyclic) bond motifs is 3. The second-order valence-electron chi connectivity index (χ2n) is 70.3. The van der Waals surface area contributed by atoms with Gasteiger partial charge in [0.15, 0.2) is 0 Å². The fraction of sp³-hybridized carbons (Fsp3) is 0.796. The third-order valence-corrected chi connectivity index (χ3v) is 54.8. The quantitative estimate of drug-likeness (QED) is 0.131. The molecule has 0 N–H and O–H groups in total. The highest BCUT2D eigenvalue weighted by atomic mass is 14.8. The number of benzene rings is 5. The van der Waals surface area contributed by atoms with E-state index in [1.807, 2.05) is 0 Å². The zero-order valence-electron chi connectivity index (χ0n) is 98.8. The monoisotopic (exact) mass is 1980 g/mol. The van der Waals surface area contributed by atoms with Crippen LogP contribution >= 0.6 is 0 Å². The van der Waals surface area contributed by atoms with Crippen molar-refractivity contribution < 1.29 is 0 Å². The summed E-state index contributed by atoms with van der Waals surface area (Å²) >= 11 is 0. The Labute approximate surface area is 901 Å². The molecule has 147 heavy (non-hydrogen) atoms. The molecule has 42 rings (SSSR count). The average molecular weight is 1980 g/mol. The van der Waals surface area contributed by atoms with Gasteiger partial charge in [0.25, 0.3) is 0 Å². The lowest BCUT2D eigenvalue weighted by atomic mass is 9.28. The van der Waals surface area contributed by atoms with Gasteiger partial charge in [-0.2, -0.15) is 0 Å². The van der Waals surface area contributed by atoms with Crippen LogP contribution in [0.25, 0.3) is 11.1 Å². The number of aryl methyl sites for hydroxylation is 3. The second-order valence-corrected chi connectivity index (χ2v) is 70.3. The topological polar surface area (TPSA) is 0 Å². The highest BCUT2D eigenvalue weighted by molar-refractivity contribution is 5.80.